The molecule has 2 bridgehead atoms. The molecule has 2 aromatic carbocycles. The molecular formula is C28H24F3N3O5. The van der Waals surface area contributed by atoms with Crippen molar-refractivity contribution in [3.8, 4) is 5.75 Å². The Morgan fingerprint density at radius 2 is 1.79 bits per heavy atom. The Balaban J connectivity index is 0.00000370. The first kappa shape index (κ1) is 26.0. The van der Waals surface area contributed by atoms with Crippen molar-refractivity contribution in [2.24, 2.45) is 0 Å². The number of aromatic nitrogens is 1. The highest BCUT2D eigenvalue weighted by Gasteiger charge is 2.41. The van der Waals surface area contributed by atoms with Crippen molar-refractivity contribution >= 4 is 17.6 Å². The van der Waals surface area contributed by atoms with Crippen LogP contribution in [0.3, 0.4) is 0 Å². The van der Waals surface area contributed by atoms with E-state index >= 15 is 0 Å². The number of fused-ring (bicyclic) bond motifs is 4. The molecule has 2 aliphatic rings. The number of nitrogens with one attached hydrogen (secondary N) is 1. The normalized spacial score (nSPS) is 18.0. The lowest BCUT2D eigenvalue weighted by molar-refractivity contribution is -0.118. The van der Waals surface area contributed by atoms with Gasteiger partial charge in [-0.25, -0.2) is 13.2 Å². The predicted octanol–water partition coefficient (Wildman–Crippen LogP) is 3.54. The van der Waals surface area contributed by atoms with Crippen LogP contribution in [0.2, 0.25) is 0 Å². The highest BCUT2D eigenvalue weighted by atomic mass is 19.1. The lowest BCUT2D eigenvalue weighted by atomic mass is 10.0. The van der Waals surface area contributed by atoms with E-state index in [1.807, 2.05) is 0 Å². The fourth-order valence-corrected chi connectivity index (χ4v) is 4.61. The van der Waals surface area contributed by atoms with Crippen molar-refractivity contribution in [3.63, 3.8) is 0 Å². The monoisotopic (exact) mass is 539 g/mol. The molecule has 0 saturated heterocycles. The molecule has 0 saturated carbocycles. The number of amides is 2. The summed E-state index contributed by atoms with van der Waals surface area (Å²) in [5.74, 6) is -5.90. The summed E-state index contributed by atoms with van der Waals surface area (Å²) in [7, 11) is 0. The molecule has 3 aromatic rings. The molecule has 3 heterocycles. The van der Waals surface area contributed by atoms with Gasteiger partial charge in [0.2, 0.25) is 5.43 Å². The first-order chi connectivity index (χ1) is 18.7. The number of hydrogen-bond acceptors (Lipinski definition) is 5. The van der Waals surface area contributed by atoms with E-state index in [4.69, 9.17) is 4.74 Å². The lowest BCUT2D eigenvalue weighted by Gasteiger charge is -2.36. The Bertz CT molecular complexity index is 1570. The summed E-state index contributed by atoms with van der Waals surface area (Å²) in [5, 5.41) is 2.26. The van der Waals surface area contributed by atoms with Crippen molar-refractivity contribution < 1.29 is 33.7 Å². The number of nitrogens with zero attached hydrogens (tertiary/aromatic N) is 2. The zero-order valence-electron chi connectivity index (χ0n) is 20.6. The third-order valence-electron chi connectivity index (χ3n) is 6.72. The van der Waals surface area contributed by atoms with Gasteiger partial charge >= 0.3 is 0 Å². The van der Waals surface area contributed by atoms with E-state index in [1.165, 1.54) is 15.5 Å². The topological polar surface area (TPSA) is 97.7 Å². The van der Waals surface area contributed by atoms with E-state index in [-0.39, 0.29) is 26.1 Å². The molecule has 11 heteroatoms. The molecule has 1 N–H and O–H groups in total. The number of hydrogen-bond donors (Lipinski definition) is 1. The second-order valence-corrected chi connectivity index (χ2v) is 9.24. The van der Waals surface area contributed by atoms with Crippen LogP contribution in [0.25, 0.3) is 0 Å². The molecule has 0 radical (unpaired) electrons. The average Bonchev–Trinajstić information content (AvgIpc) is 3.03. The molecule has 1 aromatic heterocycles. The van der Waals surface area contributed by atoms with Crippen LogP contribution in [0.4, 0.5) is 13.2 Å². The third kappa shape index (κ3) is 4.83. The Morgan fingerprint density at radius 1 is 1.10 bits per heavy atom. The molecule has 8 nitrogen and oxygen atoms in total. The van der Waals surface area contributed by atoms with Gasteiger partial charge in [-0.2, -0.15) is 0 Å². The van der Waals surface area contributed by atoms with Gasteiger partial charge in [-0.3, -0.25) is 19.2 Å². The fourth-order valence-electron chi connectivity index (χ4n) is 4.61. The lowest BCUT2D eigenvalue weighted by Crippen LogP contribution is -2.49. The molecule has 0 unspecified atom stereocenters. The second kappa shape index (κ2) is 10.2. The molecule has 0 fully saturated rings. The van der Waals surface area contributed by atoms with Crippen molar-refractivity contribution in [1.29, 1.82) is 0 Å². The molecule has 5 rings (SSSR count). The van der Waals surface area contributed by atoms with Gasteiger partial charge < -0.3 is 19.5 Å². The van der Waals surface area contributed by atoms with E-state index in [1.54, 1.807) is 43.3 Å². The maximum atomic E-state index is 14.1. The summed E-state index contributed by atoms with van der Waals surface area (Å²) in [4.78, 5) is 54.5. The Hall–Kier alpha value is -4.67. The minimum absolute atomic E-state index is 0. The van der Waals surface area contributed by atoms with E-state index in [9.17, 15) is 32.3 Å². The zero-order chi connectivity index (χ0) is 27.8. The molecule has 39 heavy (non-hydrogen) atoms. The first-order valence-corrected chi connectivity index (χ1v) is 12.1. The number of pyridine rings is 1. The number of allylic oxidation sites excluding steroid dienone is 1. The minimum atomic E-state index is -1.21. The summed E-state index contributed by atoms with van der Waals surface area (Å²) in [5.41, 5.74) is -1.54. The number of halogens is 3. The quantitative estimate of drug-likeness (QED) is 0.517. The number of ether oxygens (including phenoxy) is 1. The summed E-state index contributed by atoms with van der Waals surface area (Å²) in [6, 6.07) is 8.37. The van der Waals surface area contributed by atoms with Gasteiger partial charge in [-0.15, -0.1) is 0 Å². The smallest absolute Gasteiger partial charge is 0.275 e. The number of benzene rings is 2. The predicted molar refractivity (Wildman–Crippen MR) is 135 cm³/mol. The van der Waals surface area contributed by atoms with Crippen LogP contribution in [0.15, 0.2) is 65.6 Å². The van der Waals surface area contributed by atoms with Crippen molar-refractivity contribution in [2.45, 2.75) is 32.2 Å². The van der Waals surface area contributed by atoms with E-state index in [0.29, 0.717) is 17.7 Å². The number of ketones is 1. The SMILES string of the molecule is C[C@H]1C=CC(=O)[C@H]2CN1C(=O)c1c(OCc3ccccc3)c(=O)c(C(=O)NCc3c(F)cc(F)cc3F)cn12.[HH]. The van der Waals surface area contributed by atoms with Crippen LogP contribution in [0, 0.1) is 17.5 Å². The Labute approximate surface area is 221 Å². The zero-order valence-corrected chi connectivity index (χ0v) is 20.6. The molecule has 0 aliphatic carbocycles. The fraction of sp³-hybridized carbons (Fsp3) is 0.214. The van der Waals surface area contributed by atoms with Crippen molar-refractivity contribution in [3.05, 3.63) is 111 Å². The maximum Gasteiger partial charge on any atom is 0.275 e. The Morgan fingerprint density at radius 3 is 2.49 bits per heavy atom. The van der Waals surface area contributed by atoms with Crippen LogP contribution in [-0.2, 0) is 17.9 Å². The van der Waals surface area contributed by atoms with Gasteiger partial charge in [0.15, 0.2) is 17.2 Å². The summed E-state index contributed by atoms with van der Waals surface area (Å²) < 4.78 is 48.5. The van der Waals surface area contributed by atoms with Crippen LogP contribution >= 0.6 is 0 Å². The van der Waals surface area contributed by atoms with Gasteiger partial charge in [0.25, 0.3) is 11.8 Å². The van der Waals surface area contributed by atoms with Crippen LogP contribution in [0.1, 0.15) is 46.4 Å². The molecular weight excluding hydrogens is 515 g/mol. The van der Waals surface area contributed by atoms with Gasteiger partial charge in [0.1, 0.15) is 35.7 Å². The summed E-state index contributed by atoms with van der Waals surface area (Å²) in [6.45, 7) is 0.943. The summed E-state index contributed by atoms with van der Waals surface area (Å²) in [6.07, 6.45) is 4.01. The van der Waals surface area contributed by atoms with E-state index in [0.717, 1.165) is 6.20 Å². The van der Waals surface area contributed by atoms with Crippen LogP contribution in [-0.4, -0.2) is 39.7 Å². The van der Waals surface area contributed by atoms with Crippen molar-refractivity contribution in [2.75, 3.05) is 6.54 Å². The average molecular weight is 540 g/mol. The number of carbonyl (C=O) groups is 3. The van der Waals surface area contributed by atoms with E-state index in [2.05, 4.69) is 5.32 Å². The van der Waals surface area contributed by atoms with Crippen LogP contribution in [0.5, 0.6) is 5.75 Å². The van der Waals surface area contributed by atoms with Crippen LogP contribution < -0.4 is 15.5 Å². The largest absolute Gasteiger partial charge is 0.483 e. The Kier molecular flexibility index (Phi) is 6.81. The first-order valence-electron chi connectivity index (χ1n) is 12.1. The highest BCUT2D eigenvalue weighted by Crippen LogP contribution is 2.31. The van der Waals surface area contributed by atoms with E-state index < -0.39 is 70.2 Å². The maximum absolute atomic E-state index is 14.1. The minimum Gasteiger partial charge on any atom is -0.483 e. The van der Waals surface area contributed by atoms with Crippen molar-refractivity contribution in [1.82, 2.24) is 14.8 Å². The number of carbonyl (C=O) groups excluding carboxylic acids is 3. The van der Waals surface area contributed by atoms with Gasteiger partial charge in [0.05, 0.1) is 0 Å². The molecule has 0 spiro atoms. The second-order valence-electron chi connectivity index (χ2n) is 9.24. The standard InChI is InChI=1S/C28H22F3N3O5.H2/c1-15-7-8-23(35)22-13-33(15)28(38)24-26(39-14-16-5-3-2-4-6-16)25(36)19(12-34(22)24)27(37)32-11-18-20(30)9-17(29)10-21(18)31;/h2-10,12,15,22H,11,13-14H2,1H3,(H,32,37);1H/t15-,22+;/m0./s1. The third-order valence-corrected chi connectivity index (χ3v) is 6.72. The number of rotatable bonds is 6. The highest BCUT2D eigenvalue weighted by molar-refractivity contribution is 6.03. The molecule has 2 atom stereocenters. The molecule has 2 aliphatic heterocycles. The van der Waals surface area contributed by atoms with Gasteiger partial charge in [-0.1, -0.05) is 36.4 Å². The summed E-state index contributed by atoms with van der Waals surface area (Å²) >= 11 is 0. The van der Waals surface area contributed by atoms with Gasteiger partial charge in [0, 0.05) is 44.5 Å². The van der Waals surface area contributed by atoms with Gasteiger partial charge in [-0.05, 0) is 18.6 Å². The molecule has 202 valence electrons. The molecule has 2 amide bonds.